The summed E-state index contributed by atoms with van der Waals surface area (Å²) < 4.78 is 6.01. The van der Waals surface area contributed by atoms with E-state index >= 15 is 0 Å². The fourth-order valence-corrected chi connectivity index (χ4v) is 4.05. The SMILES string of the molecule is Oc1cc2cc(c1)Oc1c(O)cc(O)cc1CCCC=CCCCCCCCCC2. The Balaban J connectivity index is 1.81. The van der Waals surface area contributed by atoms with E-state index in [2.05, 4.69) is 12.2 Å². The quantitative estimate of drug-likeness (QED) is 0.403. The molecule has 0 fully saturated rings. The number of phenolic OH excluding ortho intramolecular Hbond substituents is 3. The van der Waals surface area contributed by atoms with Gasteiger partial charge in [-0.1, -0.05) is 44.3 Å². The summed E-state index contributed by atoms with van der Waals surface area (Å²) in [6.07, 6.45) is 17.7. The van der Waals surface area contributed by atoms with Gasteiger partial charge in [0.25, 0.3) is 0 Å². The van der Waals surface area contributed by atoms with E-state index in [1.807, 2.05) is 6.07 Å². The van der Waals surface area contributed by atoms with Crippen LogP contribution in [0.3, 0.4) is 0 Å². The van der Waals surface area contributed by atoms with Gasteiger partial charge in [-0.2, -0.15) is 0 Å². The first-order chi connectivity index (χ1) is 14.6. The third-order valence-corrected chi connectivity index (χ3v) is 5.62. The van der Waals surface area contributed by atoms with E-state index < -0.39 is 0 Å². The minimum Gasteiger partial charge on any atom is -0.508 e. The molecular formula is C26H34O4. The van der Waals surface area contributed by atoms with Gasteiger partial charge in [0.05, 0.1) is 0 Å². The lowest BCUT2D eigenvalue weighted by molar-refractivity contribution is 0.395. The Kier molecular flexibility index (Phi) is 8.49. The van der Waals surface area contributed by atoms with E-state index in [1.54, 1.807) is 18.2 Å². The summed E-state index contributed by atoms with van der Waals surface area (Å²) in [4.78, 5) is 0. The van der Waals surface area contributed by atoms with Crippen LogP contribution < -0.4 is 4.74 Å². The van der Waals surface area contributed by atoms with Crippen molar-refractivity contribution in [1.29, 1.82) is 0 Å². The van der Waals surface area contributed by atoms with Crippen molar-refractivity contribution < 1.29 is 20.1 Å². The molecule has 0 aliphatic carbocycles. The largest absolute Gasteiger partial charge is 0.508 e. The van der Waals surface area contributed by atoms with Crippen molar-refractivity contribution in [3.8, 4) is 28.7 Å². The monoisotopic (exact) mass is 410 g/mol. The molecule has 1 aliphatic rings. The van der Waals surface area contributed by atoms with Crippen molar-refractivity contribution in [3.63, 3.8) is 0 Å². The molecule has 4 nitrogen and oxygen atoms in total. The highest BCUT2D eigenvalue weighted by Crippen LogP contribution is 2.39. The average Bonchev–Trinajstić information content (AvgIpc) is 2.69. The minimum atomic E-state index is -0.0902. The molecule has 0 atom stereocenters. The number of allylic oxidation sites excluding steroid dienone is 2. The number of aryl methyl sites for hydroxylation is 2. The van der Waals surface area contributed by atoms with E-state index in [0.717, 1.165) is 43.2 Å². The molecular weight excluding hydrogens is 376 g/mol. The first kappa shape index (κ1) is 22.1. The van der Waals surface area contributed by atoms with E-state index in [-0.39, 0.29) is 17.2 Å². The molecule has 3 rings (SSSR count). The second kappa shape index (κ2) is 11.5. The van der Waals surface area contributed by atoms with Gasteiger partial charge in [-0.25, -0.2) is 0 Å². The summed E-state index contributed by atoms with van der Waals surface area (Å²) >= 11 is 0. The standard InChI is InChI=1S/C26H34O4/c27-22-15-20-13-11-9-7-5-3-1-2-4-6-8-10-12-14-21-17-23(28)19-25(29)26(21)30-24(16-20)18-22/h6,8,15-19,27-29H,1-5,7,9-14H2. The predicted octanol–water partition coefficient (Wildman–Crippen LogP) is 7.15. The number of hydrogen-bond donors (Lipinski definition) is 3. The molecule has 2 aromatic rings. The Labute approximate surface area is 179 Å². The molecule has 0 spiro atoms. The molecule has 162 valence electrons. The number of hydrogen-bond acceptors (Lipinski definition) is 4. The van der Waals surface area contributed by atoms with Crippen molar-refractivity contribution in [2.75, 3.05) is 0 Å². The van der Waals surface area contributed by atoms with Crippen molar-refractivity contribution in [2.45, 2.75) is 77.0 Å². The molecule has 0 radical (unpaired) electrons. The molecule has 0 saturated heterocycles. The number of aromatic hydroxyl groups is 3. The topological polar surface area (TPSA) is 69.9 Å². The Morgan fingerprint density at radius 3 is 2.07 bits per heavy atom. The highest BCUT2D eigenvalue weighted by Gasteiger charge is 2.14. The number of fused-ring (bicyclic) bond motifs is 3. The van der Waals surface area contributed by atoms with Gasteiger partial charge in [0.1, 0.15) is 17.2 Å². The zero-order valence-electron chi connectivity index (χ0n) is 17.8. The van der Waals surface area contributed by atoms with E-state index in [4.69, 9.17) is 4.74 Å². The molecule has 1 aliphatic heterocycles. The van der Waals surface area contributed by atoms with Gasteiger partial charge < -0.3 is 20.1 Å². The third kappa shape index (κ3) is 7.01. The second-order valence-electron chi connectivity index (χ2n) is 8.27. The smallest absolute Gasteiger partial charge is 0.172 e. The predicted molar refractivity (Wildman–Crippen MR) is 121 cm³/mol. The molecule has 1 heterocycles. The van der Waals surface area contributed by atoms with Crippen LogP contribution in [0.25, 0.3) is 0 Å². The summed E-state index contributed by atoms with van der Waals surface area (Å²) in [5, 5.41) is 30.5. The van der Waals surface area contributed by atoms with Crippen molar-refractivity contribution in [1.82, 2.24) is 0 Å². The normalized spacial score (nSPS) is 16.9. The molecule has 2 aromatic carbocycles. The highest BCUT2D eigenvalue weighted by molar-refractivity contribution is 5.53. The molecule has 0 amide bonds. The van der Waals surface area contributed by atoms with Gasteiger partial charge in [0.15, 0.2) is 11.5 Å². The first-order valence-corrected chi connectivity index (χ1v) is 11.3. The summed E-state index contributed by atoms with van der Waals surface area (Å²) in [5.41, 5.74) is 1.80. The van der Waals surface area contributed by atoms with Crippen LogP contribution in [0.4, 0.5) is 0 Å². The molecule has 2 bridgehead atoms. The lowest BCUT2D eigenvalue weighted by atomic mass is 10.0. The number of phenols is 3. The minimum absolute atomic E-state index is 0.0245. The lowest BCUT2D eigenvalue weighted by Gasteiger charge is -2.15. The molecule has 4 heteroatoms. The van der Waals surface area contributed by atoms with Crippen molar-refractivity contribution in [3.05, 3.63) is 53.6 Å². The van der Waals surface area contributed by atoms with Gasteiger partial charge in [0, 0.05) is 17.7 Å². The first-order valence-electron chi connectivity index (χ1n) is 11.3. The molecule has 0 unspecified atom stereocenters. The zero-order chi connectivity index (χ0) is 21.2. The maximum Gasteiger partial charge on any atom is 0.172 e. The van der Waals surface area contributed by atoms with E-state index in [0.29, 0.717) is 17.9 Å². The summed E-state index contributed by atoms with van der Waals surface area (Å²) in [7, 11) is 0. The van der Waals surface area contributed by atoms with Gasteiger partial charge in [-0.05, 0) is 68.7 Å². The van der Waals surface area contributed by atoms with Crippen molar-refractivity contribution in [2.24, 2.45) is 0 Å². The van der Waals surface area contributed by atoms with Crippen LogP contribution in [0, 0.1) is 0 Å². The summed E-state index contributed by atoms with van der Waals surface area (Å²) in [6.45, 7) is 0. The average molecular weight is 411 g/mol. The number of benzene rings is 2. The number of ether oxygens (including phenoxy) is 1. The third-order valence-electron chi connectivity index (χ3n) is 5.62. The van der Waals surface area contributed by atoms with Gasteiger partial charge in [-0.15, -0.1) is 0 Å². The molecule has 3 N–H and O–H groups in total. The van der Waals surface area contributed by atoms with E-state index in [1.165, 1.54) is 44.6 Å². The Hall–Kier alpha value is -2.62. The maximum atomic E-state index is 10.4. The maximum absolute atomic E-state index is 10.4. The number of rotatable bonds is 0. The Bertz CT molecular complexity index is 841. The van der Waals surface area contributed by atoms with Crippen LogP contribution in [0.2, 0.25) is 0 Å². The van der Waals surface area contributed by atoms with Gasteiger partial charge >= 0.3 is 0 Å². The summed E-state index contributed by atoms with van der Waals surface area (Å²) in [5.74, 6) is 0.947. The molecule has 0 saturated carbocycles. The highest BCUT2D eigenvalue weighted by atomic mass is 16.5. The van der Waals surface area contributed by atoms with Crippen LogP contribution in [-0.4, -0.2) is 15.3 Å². The summed E-state index contributed by atoms with van der Waals surface area (Å²) in [6, 6.07) is 8.21. The fraction of sp³-hybridized carbons (Fsp3) is 0.462. The fourth-order valence-electron chi connectivity index (χ4n) is 4.05. The zero-order valence-corrected chi connectivity index (χ0v) is 17.8. The van der Waals surface area contributed by atoms with Crippen LogP contribution >= 0.6 is 0 Å². The van der Waals surface area contributed by atoms with E-state index in [9.17, 15) is 15.3 Å². The Morgan fingerprint density at radius 1 is 0.600 bits per heavy atom. The van der Waals surface area contributed by atoms with Gasteiger partial charge in [-0.3, -0.25) is 0 Å². The van der Waals surface area contributed by atoms with Crippen LogP contribution in [0.1, 0.15) is 75.3 Å². The van der Waals surface area contributed by atoms with Gasteiger partial charge in [0.2, 0.25) is 0 Å². The second-order valence-corrected chi connectivity index (χ2v) is 8.27. The van der Waals surface area contributed by atoms with Crippen molar-refractivity contribution >= 4 is 0 Å². The van der Waals surface area contributed by atoms with Crippen LogP contribution in [0.5, 0.6) is 28.7 Å². The lowest BCUT2D eigenvalue weighted by Crippen LogP contribution is -1.95. The molecule has 0 aromatic heterocycles. The Morgan fingerprint density at radius 2 is 1.27 bits per heavy atom. The van der Waals surface area contributed by atoms with Crippen LogP contribution in [-0.2, 0) is 12.8 Å². The van der Waals surface area contributed by atoms with Crippen LogP contribution in [0.15, 0.2) is 42.5 Å². The molecule has 30 heavy (non-hydrogen) atoms.